The van der Waals surface area contributed by atoms with Crippen molar-refractivity contribution in [2.24, 2.45) is 5.92 Å². The molecule has 0 spiro atoms. The molecule has 2 heterocycles. The van der Waals surface area contributed by atoms with Gasteiger partial charge >= 0.3 is 0 Å². The van der Waals surface area contributed by atoms with Crippen LogP contribution in [0.4, 0.5) is 0 Å². The number of likely N-dealkylation sites (tertiary alicyclic amines) is 1. The molecule has 2 fully saturated rings. The zero-order valence-electron chi connectivity index (χ0n) is 8.45. The number of furan rings is 1. The van der Waals surface area contributed by atoms with Crippen LogP contribution in [0.5, 0.6) is 0 Å². The molecule has 0 amide bonds. The SMILES string of the molecule is OC1(C2CC2)CN(Cc2ccc(Br)o2)C1. The third-order valence-corrected chi connectivity index (χ3v) is 3.77. The van der Waals surface area contributed by atoms with Crippen molar-refractivity contribution in [3.63, 3.8) is 0 Å². The highest BCUT2D eigenvalue weighted by Gasteiger charge is 2.51. The van der Waals surface area contributed by atoms with E-state index in [1.165, 1.54) is 12.8 Å². The summed E-state index contributed by atoms with van der Waals surface area (Å²) in [5.74, 6) is 1.52. The van der Waals surface area contributed by atoms with Gasteiger partial charge in [0.15, 0.2) is 4.67 Å². The summed E-state index contributed by atoms with van der Waals surface area (Å²) in [5.41, 5.74) is -0.385. The standard InChI is InChI=1S/C11H14BrNO2/c12-10-4-3-9(15-10)5-13-6-11(14,7-13)8-1-2-8/h3-4,8,14H,1-2,5-7H2. The van der Waals surface area contributed by atoms with Gasteiger partial charge in [0.2, 0.25) is 0 Å². The van der Waals surface area contributed by atoms with E-state index in [1.807, 2.05) is 12.1 Å². The number of hydrogen-bond donors (Lipinski definition) is 1. The molecule has 2 aliphatic rings. The third-order valence-electron chi connectivity index (χ3n) is 3.34. The second-order valence-corrected chi connectivity index (χ2v) is 5.51. The van der Waals surface area contributed by atoms with Crippen LogP contribution in [0.2, 0.25) is 0 Å². The lowest BCUT2D eigenvalue weighted by Crippen LogP contribution is -2.62. The van der Waals surface area contributed by atoms with Gasteiger partial charge in [-0.05, 0) is 46.8 Å². The first-order valence-corrected chi connectivity index (χ1v) is 6.14. The average molecular weight is 272 g/mol. The van der Waals surface area contributed by atoms with Crippen LogP contribution >= 0.6 is 15.9 Å². The normalized spacial score (nSPS) is 25.2. The van der Waals surface area contributed by atoms with E-state index >= 15 is 0 Å². The van der Waals surface area contributed by atoms with Crippen LogP contribution in [0.3, 0.4) is 0 Å². The fourth-order valence-corrected chi connectivity index (χ4v) is 2.72. The summed E-state index contributed by atoms with van der Waals surface area (Å²) in [6.07, 6.45) is 2.41. The third kappa shape index (κ3) is 1.86. The second kappa shape index (κ2) is 3.34. The van der Waals surface area contributed by atoms with Crippen molar-refractivity contribution in [1.82, 2.24) is 4.90 Å². The van der Waals surface area contributed by atoms with Crippen molar-refractivity contribution in [1.29, 1.82) is 0 Å². The van der Waals surface area contributed by atoms with E-state index in [2.05, 4.69) is 20.8 Å². The Hall–Kier alpha value is -0.320. The van der Waals surface area contributed by atoms with Gasteiger partial charge in [-0.1, -0.05) is 0 Å². The molecule has 1 saturated heterocycles. The second-order valence-electron chi connectivity index (χ2n) is 4.73. The van der Waals surface area contributed by atoms with Crippen molar-refractivity contribution < 1.29 is 9.52 Å². The van der Waals surface area contributed by atoms with Gasteiger partial charge in [0.05, 0.1) is 12.1 Å². The van der Waals surface area contributed by atoms with E-state index < -0.39 is 0 Å². The van der Waals surface area contributed by atoms with E-state index in [1.54, 1.807) is 0 Å². The minimum absolute atomic E-state index is 0.385. The lowest BCUT2D eigenvalue weighted by atomic mass is 9.89. The first kappa shape index (κ1) is 9.87. The highest BCUT2D eigenvalue weighted by atomic mass is 79.9. The zero-order chi connectivity index (χ0) is 10.5. The van der Waals surface area contributed by atoms with Crippen LogP contribution < -0.4 is 0 Å². The summed E-state index contributed by atoms with van der Waals surface area (Å²) in [6, 6.07) is 3.88. The summed E-state index contributed by atoms with van der Waals surface area (Å²) in [7, 11) is 0. The highest BCUT2D eigenvalue weighted by molar-refractivity contribution is 9.10. The van der Waals surface area contributed by atoms with E-state index in [0.717, 1.165) is 30.1 Å². The molecule has 0 aromatic carbocycles. The van der Waals surface area contributed by atoms with Crippen molar-refractivity contribution >= 4 is 15.9 Å². The fraction of sp³-hybridized carbons (Fsp3) is 0.636. The molecule has 1 aromatic rings. The Labute approximate surface area is 97.2 Å². The lowest BCUT2D eigenvalue weighted by molar-refractivity contribution is -0.118. The fourth-order valence-electron chi connectivity index (χ4n) is 2.38. The van der Waals surface area contributed by atoms with E-state index in [0.29, 0.717) is 5.92 Å². The van der Waals surface area contributed by atoms with Crippen LogP contribution in [-0.4, -0.2) is 28.7 Å². The Kier molecular flexibility index (Phi) is 2.20. The molecule has 0 atom stereocenters. The molecule has 82 valence electrons. The van der Waals surface area contributed by atoms with Crippen LogP contribution in [0.1, 0.15) is 18.6 Å². The van der Waals surface area contributed by atoms with E-state index in [9.17, 15) is 5.11 Å². The predicted octanol–water partition coefficient (Wildman–Crippen LogP) is 2.00. The van der Waals surface area contributed by atoms with Gasteiger partial charge in [0, 0.05) is 13.1 Å². The van der Waals surface area contributed by atoms with Gasteiger partial charge < -0.3 is 9.52 Å². The van der Waals surface area contributed by atoms with E-state index in [-0.39, 0.29) is 5.60 Å². The molecule has 1 aromatic heterocycles. The molecule has 0 bridgehead atoms. The summed E-state index contributed by atoms with van der Waals surface area (Å²) in [5, 5.41) is 10.1. The molecule has 1 aliphatic carbocycles. The Morgan fingerprint density at radius 3 is 2.73 bits per heavy atom. The summed E-state index contributed by atoms with van der Waals surface area (Å²) >= 11 is 3.28. The number of nitrogens with zero attached hydrogens (tertiary/aromatic N) is 1. The lowest BCUT2D eigenvalue weighted by Gasteiger charge is -2.46. The molecule has 3 nitrogen and oxygen atoms in total. The van der Waals surface area contributed by atoms with Gasteiger partial charge in [-0.3, -0.25) is 4.90 Å². The molecule has 1 saturated carbocycles. The largest absolute Gasteiger partial charge is 0.453 e. The number of aliphatic hydroxyl groups is 1. The zero-order valence-corrected chi connectivity index (χ0v) is 10.0. The highest BCUT2D eigenvalue weighted by Crippen LogP contribution is 2.44. The van der Waals surface area contributed by atoms with Crippen molar-refractivity contribution in [2.75, 3.05) is 13.1 Å². The maximum absolute atomic E-state index is 10.1. The smallest absolute Gasteiger partial charge is 0.169 e. The quantitative estimate of drug-likeness (QED) is 0.914. The van der Waals surface area contributed by atoms with Crippen LogP contribution in [0.15, 0.2) is 21.2 Å². The number of rotatable bonds is 3. The minimum Gasteiger partial charge on any atom is -0.453 e. The number of halogens is 1. The Balaban J connectivity index is 1.55. The molecular weight excluding hydrogens is 258 g/mol. The maximum atomic E-state index is 10.1. The minimum atomic E-state index is -0.385. The molecule has 3 rings (SSSR count). The average Bonchev–Trinajstić information content (AvgIpc) is 2.90. The van der Waals surface area contributed by atoms with Crippen LogP contribution in [-0.2, 0) is 6.54 Å². The molecule has 0 unspecified atom stereocenters. The van der Waals surface area contributed by atoms with Crippen molar-refractivity contribution in [3.8, 4) is 0 Å². The Bertz CT molecular complexity index is 366. The van der Waals surface area contributed by atoms with Crippen LogP contribution in [0, 0.1) is 5.92 Å². The van der Waals surface area contributed by atoms with E-state index in [4.69, 9.17) is 4.42 Å². The topological polar surface area (TPSA) is 36.6 Å². The molecule has 15 heavy (non-hydrogen) atoms. The summed E-state index contributed by atoms with van der Waals surface area (Å²) < 4.78 is 6.20. The molecule has 0 radical (unpaired) electrons. The Morgan fingerprint density at radius 1 is 1.47 bits per heavy atom. The van der Waals surface area contributed by atoms with Crippen LogP contribution in [0.25, 0.3) is 0 Å². The first-order valence-electron chi connectivity index (χ1n) is 5.35. The monoisotopic (exact) mass is 271 g/mol. The summed E-state index contributed by atoms with van der Waals surface area (Å²) in [6.45, 7) is 2.41. The van der Waals surface area contributed by atoms with Gasteiger partial charge in [-0.15, -0.1) is 0 Å². The molecule has 1 aliphatic heterocycles. The molecule has 1 N–H and O–H groups in total. The van der Waals surface area contributed by atoms with Crippen molar-refractivity contribution in [2.45, 2.75) is 25.0 Å². The number of hydrogen-bond acceptors (Lipinski definition) is 3. The molecule has 4 heteroatoms. The predicted molar refractivity (Wildman–Crippen MR) is 59.4 cm³/mol. The van der Waals surface area contributed by atoms with Gasteiger partial charge in [-0.2, -0.15) is 0 Å². The van der Waals surface area contributed by atoms with Gasteiger partial charge in [0.1, 0.15) is 5.76 Å². The van der Waals surface area contributed by atoms with Gasteiger partial charge in [0.25, 0.3) is 0 Å². The van der Waals surface area contributed by atoms with Gasteiger partial charge in [-0.25, -0.2) is 0 Å². The van der Waals surface area contributed by atoms with Crippen molar-refractivity contribution in [3.05, 3.63) is 22.6 Å². The first-order chi connectivity index (χ1) is 7.16. The summed E-state index contributed by atoms with van der Waals surface area (Å²) in [4.78, 5) is 2.23. The molecular formula is C11H14BrNO2. The number of β-amino-alcohol motifs (C(OH)–C–C–N with tert-alkyl or cyclic N) is 1. The maximum Gasteiger partial charge on any atom is 0.169 e. The Morgan fingerprint density at radius 2 is 2.20 bits per heavy atom.